The summed E-state index contributed by atoms with van der Waals surface area (Å²) >= 11 is 0. The maximum absolute atomic E-state index is 13.0. The van der Waals surface area contributed by atoms with Gasteiger partial charge >= 0.3 is 17.9 Å². The van der Waals surface area contributed by atoms with Gasteiger partial charge in [-0.05, 0) is 39.3 Å². The Balaban J connectivity index is 2.33. The molecule has 0 N–H and O–H groups in total. The van der Waals surface area contributed by atoms with Crippen LogP contribution in [0.1, 0.15) is 35.3 Å². The van der Waals surface area contributed by atoms with Crippen molar-refractivity contribution in [3.8, 4) is 0 Å². The van der Waals surface area contributed by atoms with Crippen LogP contribution in [0.2, 0.25) is 0 Å². The van der Waals surface area contributed by atoms with Crippen molar-refractivity contribution in [1.82, 2.24) is 0 Å². The molecular formula is C22H25NO7. The van der Waals surface area contributed by atoms with Crippen molar-refractivity contribution in [1.29, 1.82) is 0 Å². The predicted octanol–water partition coefficient (Wildman–Crippen LogP) is 2.36. The van der Waals surface area contributed by atoms with Crippen molar-refractivity contribution in [2.45, 2.75) is 27.7 Å². The fraction of sp³-hybridized carbons (Fsp3) is 0.409. The van der Waals surface area contributed by atoms with Gasteiger partial charge in [0.25, 0.3) is 0 Å². The lowest BCUT2D eigenvalue weighted by atomic mass is 9.80. The van der Waals surface area contributed by atoms with E-state index in [0.717, 1.165) is 18.2 Å². The van der Waals surface area contributed by atoms with Gasteiger partial charge in [-0.15, -0.1) is 0 Å². The van der Waals surface area contributed by atoms with E-state index in [1.807, 2.05) is 13.0 Å². The molecule has 2 rings (SSSR count). The first-order valence-electron chi connectivity index (χ1n) is 9.31. The molecule has 0 bridgehead atoms. The minimum Gasteiger partial charge on any atom is -0.468 e. The van der Waals surface area contributed by atoms with Gasteiger partial charge in [-0.25, -0.2) is 4.79 Å². The quantitative estimate of drug-likeness (QED) is 0.399. The number of benzene rings is 1. The Bertz CT molecular complexity index is 958. The van der Waals surface area contributed by atoms with Crippen LogP contribution < -0.4 is 0 Å². The Morgan fingerprint density at radius 3 is 2.20 bits per heavy atom. The highest BCUT2D eigenvalue weighted by atomic mass is 16.5. The molecule has 2 atom stereocenters. The minimum atomic E-state index is -1.33. The summed E-state index contributed by atoms with van der Waals surface area (Å²) in [5.41, 5.74) is 2.53. The fourth-order valence-electron chi connectivity index (χ4n) is 3.44. The number of aliphatic imine (C=N–C) groups is 1. The third-order valence-electron chi connectivity index (χ3n) is 4.98. The predicted molar refractivity (Wildman–Crippen MR) is 108 cm³/mol. The second-order valence-corrected chi connectivity index (χ2v) is 7.07. The van der Waals surface area contributed by atoms with Crippen molar-refractivity contribution in [3.63, 3.8) is 0 Å². The largest absolute Gasteiger partial charge is 0.468 e. The molecular weight excluding hydrogens is 390 g/mol. The normalized spacial score (nSPS) is 18.4. The molecule has 1 aromatic carbocycles. The first-order chi connectivity index (χ1) is 14.1. The number of Topliss-reactive ketones (excluding diaryl/α,β-unsaturated/α-hetero) is 1. The van der Waals surface area contributed by atoms with Crippen LogP contribution in [-0.2, 0) is 28.6 Å². The fourth-order valence-corrected chi connectivity index (χ4v) is 3.44. The highest BCUT2D eigenvalue weighted by Crippen LogP contribution is 2.33. The number of hydrogen-bond acceptors (Lipinski definition) is 8. The van der Waals surface area contributed by atoms with Gasteiger partial charge in [0.05, 0.1) is 19.8 Å². The maximum Gasteiger partial charge on any atom is 0.336 e. The number of carbonyl (C=O) groups is 4. The Morgan fingerprint density at radius 1 is 0.933 bits per heavy atom. The Morgan fingerprint density at radius 2 is 1.60 bits per heavy atom. The van der Waals surface area contributed by atoms with Gasteiger partial charge in [0.2, 0.25) is 5.78 Å². The van der Waals surface area contributed by atoms with Crippen molar-refractivity contribution < 1.29 is 33.4 Å². The first kappa shape index (κ1) is 23.0. The van der Waals surface area contributed by atoms with Crippen LogP contribution in [0.15, 0.2) is 34.5 Å². The molecule has 0 amide bonds. The van der Waals surface area contributed by atoms with E-state index in [9.17, 15) is 19.2 Å². The lowest BCUT2D eigenvalue weighted by molar-refractivity contribution is -0.156. The van der Waals surface area contributed by atoms with Crippen LogP contribution in [0.25, 0.3) is 0 Å². The van der Waals surface area contributed by atoms with E-state index in [1.165, 1.54) is 14.0 Å². The minimum absolute atomic E-state index is 0.0947. The second kappa shape index (κ2) is 9.47. The Hall–Kier alpha value is -3.29. The van der Waals surface area contributed by atoms with E-state index in [4.69, 9.17) is 14.2 Å². The number of esters is 3. The Kier molecular flexibility index (Phi) is 7.26. The van der Waals surface area contributed by atoms with Crippen molar-refractivity contribution in [3.05, 3.63) is 46.2 Å². The summed E-state index contributed by atoms with van der Waals surface area (Å²) in [5.74, 6) is -5.32. The van der Waals surface area contributed by atoms with Crippen LogP contribution in [-0.4, -0.2) is 50.2 Å². The van der Waals surface area contributed by atoms with E-state index in [0.29, 0.717) is 11.3 Å². The summed E-state index contributed by atoms with van der Waals surface area (Å²) in [7, 11) is 2.33. The van der Waals surface area contributed by atoms with Gasteiger partial charge in [-0.3, -0.25) is 19.4 Å². The molecule has 0 fully saturated rings. The molecule has 1 aromatic rings. The number of aryl methyl sites for hydroxylation is 2. The van der Waals surface area contributed by atoms with E-state index in [1.54, 1.807) is 26.0 Å². The third-order valence-corrected chi connectivity index (χ3v) is 4.98. The number of carbonyl (C=O) groups excluding carboxylic acids is 4. The van der Waals surface area contributed by atoms with Gasteiger partial charge in [-0.1, -0.05) is 17.7 Å². The standard InChI is InChI=1S/C22H25NO7/c1-11-7-8-12(2)15(9-11)16(24)10-30-22(27)19-17(20(25)28-5)13(3)23-14(4)18(19)21(26)29-6/h7-9,17,19H,10H2,1-6H3/t17?,19-/m1/s1. The highest BCUT2D eigenvalue weighted by Gasteiger charge is 2.46. The number of methoxy groups -OCH3 is 2. The van der Waals surface area contributed by atoms with Crippen LogP contribution in [0, 0.1) is 25.7 Å². The number of hydrogen-bond donors (Lipinski definition) is 0. The van der Waals surface area contributed by atoms with Gasteiger partial charge in [0.15, 0.2) is 6.61 Å². The number of ketones is 1. The van der Waals surface area contributed by atoms with Crippen LogP contribution >= 0.6 is 0 Å². The van der Waals surface area contributed by atoms with Crippen LogP contribution in [0.5, 0.6) is 0 Å². The molecule has 0 aromatic heterocycles. The number of ether oxygens (including phenoxy) is 3. The number of allylic oxidation sites excluding steroid dienone is 1. The molecule has 0 saturated carbocycles. The van der Waals surface area contributed by atoms with Crippen LogP contribution in [0.4, 0.5) is 0 Å². The highest BCUT2D eigenvalue weighted by molar-refractivity contribution is 6.10. The zero-order valence-corrected chi connectivity index (χ0v) is 17.9. The summed E-state index contributed by atoms with van der Waals surface area (Å²) < 4.78 is 14.8. The van der Waals surface area contributed by atoms with E-state index < -0.39 is 36.4 Å². The number of rotatable bonds is 6. The summed E-state index contributed by atoms with van der Waals surface area (Å²) in [4.78, 5) is 54.4. The number of nitrogens with zero attached hydrogens (tertiary/aromatic N) is 1. The average molecular weight is 415 g/mol. The van der Waals surface area contributed by atoms with E-state index >= 15 is 0 Å². The molecule has 160 valence electrons. The van der Waals surface area contributed by atoms with Crippen molar-refractivity contribution in [2.75, 3.05) is 20.8 Å². The molecule has 1 unspecified atom stereocenters. The maximum atomic E-state index is 13.0. The van der Waals surface area contributed by atoms with Gasteiger partial charge in [0, 0.05) is 17.0 Å². The summed E-state index contributed by atoms with van der Waals surface area (Å²) in [6, 6.07) is 5.39. The lowest BCUT2D eigenvalue weighted by Crippen LogP contribution is -2.42. The summed E-state index contributed by atoms with van der Waals surface area (Å²) in [6.07, 6.45) is 0. The topological polar surface area (TPSA) is 108 Å². The molecule has 8 nitrogen and oxygen atoms in total. The molecule has 1 aliphatic heterocycles. The molecule has 30 heavy (non-hydrogen) atoms. The van der Waals surface area contributed by atoms with Gasteiger partial charge in [0.1, 0.15) is 11.8 Å². The third kappa shape index (κ3) is 4.64. The molecule has 0 spiro atoms. The molecule has 0 radical (unpaired) electrons. The van der Waals surface area contributed by atoms with E-state index in [2.05, 4.69) is 4.99 Å². The van der Waals surface area contributed by atoms with Gasteiger partial charge < -0.3 is 14.2 Å². The molecule has 1 aliphatic rings. The Labute approximate surface area is 174 Å². The zero-order valence-electron chi connectivity index (χ0n) is 17.9. The molecule has 0 aliphatic carbocycles. The van der Waals surface area contributed by atoms with Gasteiger partial charge in [-0.2, -0.15) is 0 Å². The SMILES string of the molecule is COC(=O)C1=C(C)N=C(C)C(C(=O)OC)[C@H]1C(=O)OCC(=O)c1cc(C)ccc1C. The average Bonchev–Trinajstić information content (AvgIpc) is 2.71. The molecule has 0 saturated heterocycles. The van der Waals surface area contributed by atoms with Crippen molar-refractivity contribution >= 4 is 29.4 Å². The summed E-state index contributed by atoms with van der Waals surface area (Å²) in [5, 5.41) is 0. The first-order valence-corrected chi connectivity index (χ1v) is 9.31. The smallest absolute Gasteiger partial charge is 0.336 e. The van der Waals surface area contributed by atoms with Crippen LogP contribution in [0.3, 0.4) is 0 Å². The summed E-state index contributed by atoms with van der Waals surface area (Å²) in [6.45, 7) is 6.19. The van der Waals surface area contributed by atoms with E-state index in [-0.39, 0.29) is 17.1 Å². The molecule has 8 heteroatoms. The lowest BCUT2D eigenvalue weighted by Gasteiger charge is -2.29. The molecule has 1 heterocycles. The zero-order chi connectivity index (χ0) is 22.6. The monoisotopic (exact) mass is 415 g/mol. The van der Waals surface area contributed by atoms with Crippen molar-refractivity contribution in [2.24, 2.45) is 16.8 Å². The second-order valence-electron chi connectivity index (χ2n) is 7.07.